The number of hydrogen-bond acceptors (Lipinski definition) is 3. The summed E-state index contributed by atoms with van der Waals surface area (Å²) in [6.07, 6.45) is 6.78. The van der Waals surface area contributed by atoms with Gasteiger partial charge in [0.15, 0.2) is 5.75 Å². The van der Waals surface area contributed by atoms with Gasteiger partial charge in [0.05, 0.1) is 6.20 Å². The van der Waals surface area contributed by atoms with Gasteiger partial charge in [0.25, 0.3) is 0 Å². The van der Waals surface area contributed by atoms with E-state index in [-0.39, 0.29) is 11.2 Å². The van der Waals surface area contributed by atoms with Crippen LogP contribution in [-0.4, -0.2) is 27.7 Å². The molecule has 1 aromatic rings. The highest BCUT2D eigenvalue weighted by Gasteiger charge is 2.09. The highest BCUT2D eigenvalue weighted by Crippen LogP contribution is 2.08. The number of aromatic hydroxyl groups is 1. The maximum Gasteiger partial charge on any atom is 0.223 e. The van der Waals surface area contributed by atoms with Gasteiger partial charge in [-0.1, -0.05) is 18.2 Å². The van der Waals surface area contributed by atoms with Crippen molar-refractivity contribution in [3.05, 3.63) is 66.1 Å². The summed E-state index contributed by atoms with van der Waals surface area (Å²) in [4.78, 5) is 13.6. The van der Waals surface area contributed by atoms with Crippen LogP contribution in [0.5, 0.6) is 5.75 Å². The minimum atomic E-state index is -0.368. The van der Waals surface area contributed by atoms with E-state index >= 15 is 0 Å². The lowest BCUT2D eigenvalue weighted by molar-refractivity contribution is 0.317. The number of rotatable bonds is 8. The van der Waals surface area contributed by atoms with Crippen molar-refractivity contribution in [2.45, 2.75) is 13.1 Å². The lowest BCUT2D eigenvalue weighted by Gasteiger charge is -2.21. The normalized spacial score (nSPS) is 10.4. The molecular formula is C15H20N2O2. The van der Waals surface area contributed by atoms with Crippen LogP contribution in [-0.2, 0) is 13.1 Å². The van der Waals surface area contributed by atoms with E-state index < -0.39 is 0 Å². The van der Waals surface area contributed by atoms with Crippen LogP contribution in [0.4, 0.5) is 0 Å². The first-order valence-corrected chi connectivity index (χ1v) is 6.09. The summed E-state index contributed by atoms with van der Waals surface area (Å²) in [5.41, 5.74) is 0.457. The van der Waals surface area contributed by atoms with Gasteiger partial charge in [-0.2, -0.15) is 0 Å². The molecule has 0 aliphatic carbocycles. The fourth-order valence-electron chi connectivity index (χ4n) is 1.85. The van der Waals surface area contributed by atoms with Crippen molar-refractivity contribution in [2.75, 3.05) is 13.1 Å². The number of pyridine rings is 1. The van der Waals surface area contributed by atoms with E-state index in [2.05, 4.69) is 24.6 Å². The molecule has 1 aromatic heterocycles. The molecule has 0 spiro atoms. The Kier molecular flexibility index (Phi) is 5.82. The van der Waals surface area contributed by atoms with E-state index in [1.807, 2.05) is 4.57 Å². The van der Waals surface area contributed by atoms with Gasteiger partial charge in [-0.15, -0.1) is 19.7 Å². The topological polar surface area (TPSA) is 45.5 Å². The van der Waals surface area contributed by atoms with Gasteiger partial charge in [-0.25, -0.2) is 0 Å². The van der Waals surface area contributed by atoms with Crippen LogP contribution >= 0.6 is 0 Å². The predicted molar refractivity (Wildman–Crippen MR) is 78.2 cm³/mol. The Morgan fingerprint density at radius 3 is 2.37 bits per heavy atom. The van der Waals surface area contributed by atoms with Crippen molar-refractivity contribution in [3.8, 4) is 5.75 Å². The molecule has 0 radical (unpaired) electrons. The van der Waals surface area contributed by atoms with Crippen molar-refractivity contribution < 1.29 is 5.11 Å². The van der Waals surface area contributed by atoms with Crippen LogP contribution in [0.25, 0.3) is 0 Å². The van der Waals surface area contributed by atoms with Crippen LogP contribution in [0.3, 0.4) is 0 Å². The summed E-state index contributed by atoms with van der Waals surface area (Å²) in [5.74, 6) is -0.246. The molecule has 0 unspecified atom stereocenters. The van der Waals surface area contributed by atoms with Crippen LogP contribution in [0.2, 0.25) is 0 Å². The fourth-order valence-corrected chi connectivity index (χ4v) is 1.85. The zero-order valence-corrected chi connectivity index (χ0v) is 11.1. The zero-order valence-electron chi connectivity index (χ0n) is 11.1. The summed E-state index contributed by atoms with van der Waals surface area (Å²) in [6.45, 7) is 13.6. The minimum absolute atomic E-state index is 0.246. The molecule has 0 bridgehead atoms. The second-order valence-corrected chi connectivity index (χ2v) is 4.23. The molecule has 1 N–H and O–H groups in total. The second kappa shape index (κ2) is 7.38. The highest BCUT2D eigenvalue weighted by atomic mass is 16.3. The van der Waals surface area contributed by atoms with Crippen molar-refractivity contribution in [3.63, 3.8) is 0 Å². The number of hydrogen-bond donors (Lipinski definition) is 1. The average molecular weight is 260 g/mol. The van der Waals surface area contributed by atoms with Gasteiger partial charge in [0.2, 0.25) is 5.43 Å². The summed E-state index contributed by atoms with van der Waals surface area (Å²) in [5, 5.41) is 9.48. The summed E-state index contributed by atoms with van der Waals surface area (Å²) >= 11 is 0. The molecule has 1 heterocycles. The summed E-state index contributed by atoms with van der Waals surface area (Å²) in [6, 6.07) is 1.46. The lowest BCUT2D eigenvalue weighted by atomic mass is 10.2. The van der Waals surface area contributed by atoms with E-state index in [1.54, 1.807) is 18.2 Å². The largest absolute Gasteiger partial charge is 0.503 e. The van der Waals surface area contributed by atoms with Gasteiger partial charge in [0.1, 0.15) is 0 Å². The Morgan fingerprint density at radius 2 is 1.84 bits per heavy atom. The van der Waals surface area contributed by atoms with Crippen molar-refractivity contribution in [1.29, 1.82) is 0 Å². The molecule has 0 atom stereocenters. The van der Waals surface area contributed by atoms with E-state index in [0.717, 1.165) is 5.69 Å². The van der Waals surface area contributed by atoms with E-state index in [4.69, 9.17) is 0 Å². The first-order valence-electron chi connectivity index (χ1n) is 6.09. The quantitative estimate of drug-likeness (QED) is 0.726. The Hall–Kier alpha value is -2.07. The highest BCUT2D eigenvalue weighted by molar-refractivity contribution is 5.21. The molecule has 0 aliphatic rings. The lowest BCUT2D eigenvalue weighted by Crippen LogP contribution is -2.26. The molecule has 19 heavy (non-hydrogen) atoms. The molecular weight excluding hydrogens is 240 g/mol. The van der Waals surface area contributed by atoms with Crippen LogP contribution < -0.4 is 5.43 Å². The fraction of sp³-hybridized carbons (Fsp3) is 0.267. The molecule has 0 aliphatic heterocycles. The molecule has 4 nitrogen and oxygen atoms in total. The number of allylic oxidation sites excluding steroid dienone is 1. The number of nitrogens with zero attached hydrogens (tertiary/aromatic N) is 2. The predicted octanol–water partition coefficient (Wildman–Crippen LogP) is 1.91. The van der Waals surface area contributed by atoms with Gasteiger partial charge in [-0.05, 0) is 0 Å². The molecule has 102 valence electrons. The summed E-state index contributed by atoms with van der Waals surface area (Å²) < 4.78 is 1.81. The van der Waals surface area contributed by atoms with Crippen molar-refractivity contribution in [2.24, 2.45) is 0 Å². The molecule has 0 saturated carbocycles. The Morgan fingerprint density at radius 1 is 1.21 bits per heavy atom. The third-order valence-electron chi connectivity index (χ3n) is 2.68. The minimum Gasteiger partial charge on any atom is -0.503 e. The first kappa shape index (κ1) is 15.0. The monoisotopic (exact) mass is 260 g/mol. The average Bonchev–Trinajstić information content (AvgIpc) is 2.36. The molecule has 0 saturated heterocycles. The third kappa shape index (κ3) is 4.26. The maximum absolute atomic E-state index is 11.5. The molecule has 1 rings (SSSR count). The standard InChI is InChI=1S/C15H20N2O2/c1-4-7-16(8-5-2)11-13-10-14(18)15(19)12-17(13)9-6-3/h4-6,10,12,19H,1-3,7-9,11H2. The Bertz CT molecular complexity index is 507. The summed E-state index contributed by atoms with van der Waals surface area (Å²) in [7, 11) is 0. The van der Waals surface area contributed by atoms with Gasteiger partial charge in [-0.3, -0.25) is 9.69 Å². The van der Waals surface area contributed by atoms with E-state index in [1.165, 1.54) is 12.3 Å². The second-order valence-electron chi connectivity index (χ2n) is 4.23. The van der Waals surface area contributed by atoms with Gasteiger partial charge < -0.3 is 9.67 Å². The SMILES string of the molecule is C=CCN(CC=C)Cc1cc(=O)c(O)cn1CC=C. The number of aromatic nitrogens is 1. The van der Waals surface area contributed by atoms with Gasteiger partial charge in [0, 0.05) is 37.9 Å². The Balaban J connectivity index is 3.05. The van der Waals surface area contributed by atoms with Crippen LogP contribution in [0, 0.1) is 0 Å². The third-order valence-corrected chi connectivity index (χ3v) is 2.68. The molecule has 4 heteroatoms. The smallest absolute Gasteiger partial charge is 0.223 e. The van der Waals surface area contributed by atoms with Gasteiger partial charge >= 0.3 is 0 Å². The zero-order chi connectivity index (χ0) is 14.3. The maximum atomic E-state index is 11.5. The van der Waals surface area contributed by atoms with E-state index in [9.17, 15) is 9.90 Å². The molecule has 0 amide bonds. The van der Waals surface area contributed by atoms with Crippen molar-refractivity contribution in [1.82, 2.24) is 9.47 Å². The van der Waals surface area contributed by atoms with Crippen molar-refractivity contribution >= 4 is 0 Å². The van der Waals surface area contributed by atoms with Crippen LogP contribution in [0.15, 0.2) is 55.0 Å². The molecule has 0 fully saturated rings. The Labute approximate surface area is 113 Å². The van der Waals surface area contributed by atoms with E-state index in [0.29, 0.717) is 26.2 Å². The van der Waals surface area contributed by atoms with Crippen LogP contribution in [0.1, 0.15) is 5.69 Å². The molecule has 0 aromatic carbocycles. The first-order chi connectivity index (χ1) is 9.12.